The van der Waals surface area contributed by atoms with Gasteiger partial charge in [-0.05, 0) is 212 Å². The molecule has 0 radical (unpaired) electrons. The second-order valence-electron chi connectivity index (χ2n) is 18.5. The van der Waals surface area contributed by atoms with Crippen LogP contribution >= 0.6 is 0 Å². The fourth-order valence-corrected chi connectivity index (χ4v) is 14.4. The van der Waals surface area contributed by atoms with Crippen molar-refractivity contribution in [1.29, 1.82) is 0 Å². The van der Waals surface area contributed by atoms with Crippen LogP contribution in [0.5, 0.6) is 0 Å². The molecule has 0 unspecified atom stereocenters. The molecule has 264 valence electrons. The molecule has 19 aromatic rings. The van der Waals surface area contributed by atoms with Gasteiger partial charge in [-0.25, -0.2) is 0 Å². The van der Waals surface area contributed by atoms with Gasteiger partial charge in [0.2, 0.25) is 0 Å². The molecule has 0 spiro atoms. The third-order valence-corrected chi connectivity index (χ3v) is 16.3. The number of rotatable bonds is 0. The highest BCUT2D eigenvalue weighted by Crippen LogP contribution is 2.61. The molecule has 0 aliphatic rings. The summed E-state index contributed by atoms with van der Waals surface area (Å²) in [5.41, 5.74) is 0. The number of benzene rings is 13. The summed E-state index contributed by atoms with van der Waals surface area (Å²) in [6.07, 6.45) is 0. The SMILES string of the molecule is c1cc2ccc3cc4c5c(ccc6c(c1)c2c3c65)c1c4c2c3ccc4c5cccc6ccc7cc(c3c4c7c65)c2c2c3ccc4c5cccc6ccc7cc(c3c4c7c65)c12. The van der Waals surface area contributed by atoms with Gasteiger partial charge in [0.1, 0.15) is 0 Å². The zero-order valence-electron chi connectivity index (χ0n) is 31.9. The van der Waals surface area contributed by atoms with Gasteiger partial charge in [0.05, 0.1) is 0 Å². The molecule has 0 heterocycles. The van der Waals surface area contributed by atoms with Crippen LogP contribution in [0, 0.1) is 0 Å². The molecule has 19 aromatic carbocycles. The van der Waals surface area contributed by atoms with E-state index in [0.717, 1.165) is 0 Å². The van der Waals surface area contributed by atoms with Gasteiger partial charge < -0.3 is 0 Å². The summed E-state index contributed by atoms with van der Waals surface area (Å²) in [5, 5.41) is 50.5. The van der Waals surface area contributed by atoms with Crippen molar-refractivity contribution in [2.75, 3.05) is 0 Å². The van der Waals surface area contributed by atoms with E-state index in [1.165, 1.54) is 194 Å². The van der Waals surface area contributed by atoms with E-state index in [1.54, 1.807) is 0 Å². The largest absolute Gasteiger partial charge is 0.0610 e. The van der Waals surface area contributed by atoms with Crippen molar-refractivity contribution in [3.8, 4) is 0 Å². The molecular formula is C60H24. The third-order valence-electron chi connectivity index (χ3n) is 16.3. The van der Waals surface area contributed by atoms with Gasteiger partial charge in [0, 0.05) is 0 Å². The van der Waals surface area contributed by atoms with Gasteiger partial charge in [-0.15, -0.1) is 0 Å². The smallest absolute Gasteiger partial charge is 0.000673 e. The van der Waals surface area contributed by atoms with Crippen molar-refractivity contribution in [2.24, 2.45) is 0 Å². The van der Waals surface area contributed by atoms with Gasteiger partial charge in [0.25, 0.3) is 0 Å². The van der Waals surface area contributed by atoms with Crippen LogP contribution in [0.25, 0.3) is 194 Å². The van der Waals surface area contributed by atoms with Gasteiger partial charge in [-0.3, -0.25) is 0 Å². The minimum Gasteiger partial charge on any atom is -0.0610 e. The Kier molecular flexibility index (Phi) is 3.87. The van der Waals surface area contributed by atoms with Crippen LogP contribution in [0.15, 0.2) is 146 Å². The summed E-state index contributed by atoms with van der Waals surface area (Å²) in [6.45, 7) is 0. The van der Waals surface area contributed by atoms with Gasteiger partial charge in [0.15, 0.2) is 0 Å². The molecular weight excluding hydrogens is 721 g/mol. The second kappa shape index (κ2) is 8.36. The summed E-state index contributed by atoms with van der Waals surface area (Å²) in [6, 6.07) is 57.5. The van der Waals surface area contributed by atoms with Gasteiger partial charge in [-0.2, -0.15) is 0 Å². The van der Waals surface area contributed by atoms with Crippen LogP contribution in [0.1, 0.15) is 0 Å². The summed E-state index contributed by atoms with van der Waals surface area (Å²) in [4.78, 5) is 0. The highest BCUT2D eigenvalue weighted by molar-refractivity contribution is 6.60. The van der Waals surface area contributed by atoms with E-state index in [1.807, 2.05) is 0 Å². The Morgan fingerprint density at radius 3 is 0.717 bits per heavy atom. The van der Waals surface area contributed by atoms with Crippen molar-refractivity contribution in [3.63, 3.8) is 0 Å². The monoisotopic (exact) mass is 744 g/mol. The Labute approximate surface area is 338 Å². The Balaban J connectivity index is 1.20. The summed E-state index contributed by atoms with van der Waals surface area (Å²) in [5.74, 6) is 0. The molecule has 0 aromatic heterocycles. The lowest BCUT2D eigenvalue weighted by Gasteiger charge is -2.07. The maximum atomic E-state index is 2.57. The van der Waals surface area contributed by atoms with Gasteiger partial charge >= 0.3 is 0 Å². The van der Waals surface area contributed by atoms with Crippen molar-refractivity contribution in [2.45, 2.75) is 0 Å². The van der Waals surface area contributed by atoms with Crippen LogP contribution < -0.4 is 0 Å². The molecule has 0 fully saturated rings. The Morgan fingerprint density at radius 2 is 0.383 bits per heavy atom. The van der Waals surface area contributed by atoms with Crippen LogP contribution in [0.3, 0.4) is 0 Å². The first kappa shape index (κ1) is 27.8. The zero-order valence-corrected chi connectivity index (χ0v) is 31.9. The van der Waals surface area contributed by atoms with Crippen molar-refractivity contribution in [3.05, 3.63) is 146 Å². The Morgan fingerprint density at radius 1 is 0.133 bits per heavy atom. The summed E-state index contributed by atoms with van der Waals surface area (Å²) in [7, 11) is 0. The van der Waals surface area contributed by atoms with Crippen LogP contribution in [-0.2, 0) is 0 Å². The molecule has 0 N–H and O–H groups in total. The lowest BCUT2D eigenvalue weighted by atomic mass is 9.95. The summed E-state index contributed by atoms with van der Waals surface area (Å²) < 4.78 is 0. The van der Waals surface area contributed by atoms with E-state index in [0.29, 0.717) is 0 Å². The lowest BCUT2D eigenvalue weighted by molar-refractivity contribution is 1.87. The molecule has 0 heteroatoms. The lowest BCUT2D eigenvalue weighted by Crippen LogP contribution is -1.78. The zero-order chi connectivity index (χ0) is 37.8. The Bertz CT molecular complexity index is 4600. The average molecular weight is 745 g/mol. The minimum atomic E-state index is 1.33. The van der Waals surface area contributed by atoms with Crippen LogP contribution in [0.2, 0.25) is 0 Å². The first-order chi connectivity index (χ1) is 29.8. The molecule has 0 saturated carbocycles. The van der Waals surface area contributed by atoms with Crippen molar-refractivity contribution >= 4 is 194 Å². The van der Waals surface area contributed by atoms with E-state index in [-0.39, 0.29) is 0 Å². The molecule has 0 aliphatic carbocycles. The molecule has 0 atom stereocenters. The topological polar surface area (TPSA) is 0 Å². The van der Waals surface area contributed by atoms with Crippen molar-refractivity contribution < 1.29 is 0 Å². The predicted molar refractivity (Wildman–Crippen MR) is 262 cm³/mol. The van der Waals surface area contributed by atoms with E-state index in [9.17, 15) is 0 Å². The summed E-state index contributed by atoms with van der Waals surface area (Å²) >= 11 is 0. The van der Waals surface area contributed by atoms with E-state index in [2.05, 4.69) is 146 Å². The first-order valence-corrected chi connectivity index (χ1v) is 21.4. The highest BCUT2D eigenvalue weighted by atomic mass is 14.3. The van der Waals surface area contributed by atoms with Crippen molar-refractivity contribution in [1.82, 2.24) is 0 Å². The van der Waals surface area contributed by atoms with E-state index >= 15 is 0 Å². The third kappa shape index (κ3) is 2.51. The fraction of sp³-hybridized carbons (Fsp3) is 0. The maximum absolute atomic E-state index is 2.57. The van der Waals surface area contributed by atoms with Crippen LogP contribution in [0.4, 0.5) is 0 Å². The molecule has 0 bridgehead atoms. The molecule has 19 rings (SSSR count). The second-order valence-corrected chi connectivity index (χ2v) is 18.5. The first-order valence-electron chi connectivity index (χ1n) is 21.4. The fourth-order valence-electron chi connectivity index (χ4n) is 14.4. The quantitative estimate of drug-likeness (QED) is 0.136. The Hall–Kier alpha value is -7.80. The number of hydrogen-bond acceptors (Lipinski definition) is 0. The van der Waals surface area contributed by atoms with E-state index < -0.39 is 0 Å². The normalized spacial score (nSPS) is 14.0. The highest BCUT2D eigenvalue weighted by Gasteiger charge is 2.32. The molecule has 60 heavy (non-hydrogen) atoms. The number of hydrogen-bond donors (Lipinski definition) is 0. The van der Waals surface area contributed by atoms with Gasteiger partial charge in [-0.1, -0.05) is 127 Å². The predicted octanol–water partition coefficient (Wildman–Crippen LogP) is 17.4. The van der Waals surface area contributed by atoms with Crippen LogP contribution in [-0.4, -0.2) is 0 Å². The number of fused-ring (bicyclic) bond motifs is 15. The maximum Gasteiger partial charge on any atom is -0.000673 e. The molecule has 0 saturated heterocycles. The molecule has 0 aliphatic heterocycles. The minimum absolute atomic E-state index is 1.33. The average Bonchev–Trinajstić information content (AvgIpc) is 4.12. The van der Waals surface area contributed by atoms with E-state index in [4.69, 9.17) is 0 Å². The molecule has 0 amide bonds. The molecule has 0 nitrogen and oxygen atoms in total. The standard InChI is InChI=1S/C60H24/c1-4-25-10-13-28-22-40-49-37(19-16-34-31(7-1)43(25)46(28)52(34)49)55-58(40)56-38-20-17-35-32-8-2-6-27-12-15-30-24-42(50(38)53(35)48(30)45(27)32)60(56)57-39-21-18-36-33-9-3-5-26-11-14-29-23-41(59(55)57)51(39)54(36)47(29)44(26)33/h1-24H.